The molecule has 9 aromatic rings. The third-order valence-corrected chi connectivity index (χ3v) is 11.9. The van der Waals surface area contributed by atoms with Crippen LogP contribution in [0.25, 0.3) is 77.5 Å². The van der Waals surface area contributed by atoms with Crippen molar-refractivity contribution in [3.8, 4) is 33.6 Å². The summed E-state index contributed by atoms with van der Waals surface area (Å²) in [6.45, 7) is 8.77. The number of hydrogen-bond donors (Lipinski definition) is 0. The molecule has 4 nitrogen and oxygen atoms in total. The molecule has 9 rings (SSSR count). The minimum absolute atomic E-state index is 0. The van der Waals surface area contributed by atoms with E-state index in [0.29, 0.717) is 49.9 Å². The van der Waals surface area contributed by atoms with Crippen LogP contribution in [-0.2, 0) is 25.5 Å². The first-order valence-electron chi connectivity index (χ1n) is 21.1. The third-order valence-electron chi connectivity index (χ3n) is 9.88. The Hall–Kier alpha value is -5.13. The van der Waals surface area contributed by atoms with Gasteiger partial charge in [-0.25, -0.2) is 0 Å². The van der Waals surface area contributed by atoms with Crippen molar-refractivity contribution < 1.29 is 37.2 Å². The number of fused-ring (bicyclic) bond motifs is 7. The number of pyridine rings is 2. The van der Waals surface area contributed by atoms with E-state index in [4.69, 9.17) is 17.1 Å². The number of nitrogens with zero attached hydrogens (tertiary/aromatic N) is 2. The Morgan fingerprint density at radius 2 is 1.40 bits per heavy atom. The molecule has 6 heteroatoms. The van der Waals surface area contributed by atoms with Gasteiger partial charge in [0.2, 0.25) is 0 Å². The second-order valence-corrected chi connectivity index (χ2v) is 20.8. The fourth-order valence-corrected chi connectivity index (χ4v) is 7.82. The molecule has 0 aliphatic heterocycles. The first-order chi connectivity index (χ1) is 28.3. The molecule has 0 fully saturated rings. The Bertz CT molecular complexity index is 3030. The first-order valence-corrected chi connectivity index (χ1v) is 21.6. The summed E-state index contributed by atoms with van der Waals surface area (Å²) in [6, 6.07) is 40.7. The molecule has 0 atom stereocenters. The normalized spacial score (nSPS) is 13.9. The van der Waals surface area contributed by atoms with Crippen LogP contribution in [0.3, 0.4) is 0 Å². The van der Waals surface area contributed by atoms with Crippen molar-refractivity contribution in [1.29, 1.82) is 0 Å². The molecule has 55 heavy (non-hydrogen) atoms. The van der Waals surface area contributed by atoms with Crippen LogP contribution in [0.2, 0.25) is 19.6 Å². The van der Waals surface area contributed by atoms with Crippen molar-refractivity contribution in [2.75, 3.05) is 0 Å². The number of benzene rings is 5. The maximum atomic E-state index is 8.14. The van der Waals surface area contributed by atoms with E-state index in [2.05, 4.69) is 68.6 Å². The van der Waals surface area contributed by atoms with Gasteiger partial charge < -0.3 is 18.8 Å². The molecular weight excluding hydrogens is 869 g/mol. The summed E-state index contributed by atoms with van der Waals surface area (Å²) in [4.78, 5) is 9.18. The SMILES string of the molecule is [2H]C([2H])([2H])c1c[c-]c(-c2cc(C(C)(C)C)ccn2)c2oc3c(ccc4c5ccccc5oc43)c12.[2H]C([2H])([2H])c1c[c-]c(-c2ccc([Si](C)(C)C)cn2)cc1-c1ccccc1.[Ir]. The summed E-state index contributed by atoms with van der Waals surface area (Å²) < 4.78 is 60.5. The first kappa shape index (κ1) is 31.1. The van der Waals surface area contributed by atoms with Gasteiger partial charge in [-0.15, -0.1) is 47.0 Å². The summed E-state index contributed by atoms with van der Waals surface area (Å²) >= 11 is 0. The second kappa shape index (κ2) is 14.8. The summed E-state index contributed by atoms with van der Waals surface area (Å²) in [5.74, 6) is 0. The van der Waals surface area contributed by atoms with Crippen LogP contribution in [-0.4, -0.2) is 18.0 Å². The van der Waals surface area contributed by atoms with Crippen molar-refractivity contribution in [3.63, 3.8) is 0 Å². The van der Waals surface area contributed by atoms with Gasteiger partial charge >= 0.3 is 0 Å². The average molecular weight is 919 g/mol. The molecular formula is C49H44IrN2O2Si-2. The van der Waals surface area contributed by atoms with E-state index in [1.54, 1.807) is 18.3 Å². The number of hydrogen-bond acceptors (Lipinski definition) is 4. The van der Waals surface area contributed by atoms with E-state index in [9.17, 15) is 0 Å². The Morgan fingerprint density at radius 1 is 0.673 bits per heavy atom. The molecule has 277 valence electrons. The van der Waals surface area contributed by atoms with Crippen molar-refractivity contribution in [2.24, 2.45) is 0 Å². The minimum atomic E-state index is -2.33. The van der Waals surface area contributed by atoms with Gasteiger partial charge in [0.05, 0.1) is 13.7 Å². The quantitative estimate of drug-likeness (QED) is 0.130. The van der Waals surface area contributed by atoms with Crippen molar-refractivity contribution in [1.82, 2.24) is 9.97 Å². The van der Waals surface area contributed by atoms with Gasteiger partial charge in [0.15, 0.2) is 11.2 Å². The molecule has 0 spiro atoms. The van der Waals surface area contributed by atoms with Crippen LogP contribution in [0.4, 0.5) is 0 Å². The van der Waals surface area contributed by atoms with Crippen LogP contribution >= 0.6 is 0 Å². The molecule has 4 heterocycles. The second-order valence-electron chi connectivity index (χ2n) is 15.7. The van der Waals surface area contributed by atoms with Gasteiger partial charge in [-0.1, -0.05) is 143 Å². The van der Waals surface area contributed by atoms with E-state index in [0.717, 1.165) is 38.7 Å². The summed E-state index contributed by atoms with van der Waals surface area (Å²) in [5.41, 5.74) is 8.43. The maximum absolute atomic E-state index is 8.14. The van der Waals surface area contributed by atoms with Crippen LogP contribution in [0.5, 0.6) is 0 Å². The fourth-order valence-electron chi connectivity index (χ4n) is 6.78. The van der Waals surface area contributed by atoms with Gasteiger partial charge in [-0.2, -0.15) is 0 Å². The summed E-state index contributed by atoms with van der Waals surface area (Å²) in [5, 5.41) is 4.46. The molecule has 0 amide bonds. The van der Waals surface area contributed by atoms with Gasteiger partial charge in [0.1, 0.15) is 5.58 Å². The summed E-state index contributed by atoms with van der Waals surface area (Å²) in [6.07, 6.45) is 3.71. The van der Waals surface area contributed by atoms with E-state index in [-0.39, 0.29) is 31.1 Å². The van der Waals surface area contributed by atoms with Crippen molar-refractivity contribution >= 4 is 57.1 Å². The molecule has 0 unspecified atom stereocenters. The number of para-hydroxylation sites is 1. The fraction of sp³-hybridized carbons (Fsp3) is 0.184. The zero-order valence-corrected chi connectivity index (χ0v) is 35.0. The Labute approximate surface area is 346 Å². The van der Waals surface area contributed by atoms with E-state index >= 15 is 0 Å². The van der Waals surface area contributed by atoms with Crippen LogP contribution in [0.1, 0.15) is 45.7 Å². The van der Waals surface area contributed by atoms with Crippen molar-refractivity contribution in [3.05, 3.63) is 150 Å². The predicted octanol–water partition coefficient (Wildman–Crippen LogP) is 13.0. The van der Waals surface area contributed by atoms with E-state index < -0.39 is 21.8 Å². The van der Waals surface area contributed by atoms with Crippen LogP contribution < -0.4 is 5.19 Å². The maximum Gasteiger partial charge on any atom is 0.177 e. The van der Waals surface area contributed by atoms with Crippen molar-refractivity contribution in [2.45, 2.75) is 59.5 Å². The average Bonchev–Trinajstić information content (AvgIpc) is 3.79. The smallest absolute Gasteiger partial charge is 0.177 e. The van der Waals surface area contributed by atoms with Gasteiger partial charge in [0, 0.05) is 56.9 Å². The standard InChI is InChI=1S/C28H22NO2.C21H22NSi.Ir/c1-16-9-10-20(22-15-17(13-14-29-22)28(2,3)4)25-24(16)21-12-11-19-18-7-5-6-8-23(18)30-26(19)27(21)31-25;1-16-10-11-18(14-20(16)17-8-6-5-7-9-17)21-13-12-19(15-22-21)23(2,3)4;/h5-9,11-15H,1-4H3;5-10,12-15H,1-4H3;/q2*-1;/i2*1D3;. The Morgan fingerprint density at radius 3 is 2.13 bits per heavy atom. The molecule has 0 aliphatic rings. The summed E-state index contributed by atoms with van der Waals surface area (Å²) in [7, 11) is -1.40. The van der Waals surface area contributed by atoms with E-state index in [1.165, 1.54) is 5.19 Å². The monoisotopic (exact) mass is 919 g/mol. The van der Waals surface area contributed by atoms with Crippen LogP contribution in [0.15, 0.2) is 130 Å². The van der Waals surface area contributed by atoms with Crippen LogP contribution in [0, 0.1) is 25.8 Å². The van der Waals surface area contributed by atoms with Gasteiger partial charge in [0.25, 0.3) is 0 Å². The largest absolute Gasteiger partial charge is 0.497 e. The molecule has 0 saturated heterocycles. The molecule has 0 aliphatic carbocycles. The predicted molar refractivity (Wildman–Crippen MR) is 228 cm³/mol. The molecule has 1 radical (unpaired) electrons. The minimum Gasteiger partial charge on any atom is -0.497 e. The van der Waals surface area contributed by atoms with Gasteiger partial charge in [-0.05, 0) is 51.3 Å². The molecule has 4 aromatic heterocycles. The Kier molecular flexibility index (Phi) is 8.39. The Balaban J connectivity index is 0.000000188. The molecule has 0 saturated carbocycles. The number of furan rings is 2. The third kappa shape index (κ3) is 7.35. The number of aryl methyl sites for hydroxylation is 2. The molecule has 0 N–H and O–H groups in total. The molecule has 0 bridgehead atoms. The number of aromatic nitrogens is 2. The number of rotatable bonds is 4. The topological polar surface area (TPSA) is 52.1 Å². The zero-order valence-electron chi connectivity index (χ0n) is 37.6. The zero-order chi connectivity index (χ0) is 42.8. The van der Waals surface area contributed by atoms with E-state index in [1.807, 2.05) is 97.2 Å². The molecule has 5 aromatic carbocycles. The van der Waals surface area contributed by atoms with Gasteiger partial charge in [-0.3, -0.25) is 0 Å².